The van der Waals surface area contributed by atoms with Gasteiger partial charge >= 0.3 is 0 Å². The molecule has 0 unspecified atom stereocenters. The first-order valence-corrected chi connectivity index (χ1v) is 6.39. The molecule has 2 aromatic rings. The van der Waals surface area contributed by atoms with Gasteiger partial charge in [-0.05, 0) is 46.3 Å². The highest BCUT2D eigenvalue weighted by molar-refractivity contribution is 9.10. The van der Waals surface area contributed by atoms with Crippen molar-refractivity contribution in [2.24, 2.45) is 5.73 Å². The zero-order valence-corrected chi connectivity index (χ0v) is 11.7. The number of anilines is 2. The molecule has 3 N–H and O–H groups in total. The van der Waals surface area contributed by atoms with Gasteiger partial charge in [-0.1, -0.05) is 24.4 Å². The number of benzene rings is 2. The van der Waals surface area contributed by atoms with Crippen LogP contribution in [0.25, 0.3) is 0 Å². The van der Waals surface area contributed by atoms with Crippen molar-refractivity contribution < 1.29 is 4.39 Å². The highest BCUT2D eigenvalue weighted by Gasteiger charge is 2.07. The Balaban J connectivity index is 2.37. The van der Waals surface area contributed by atoms with Crippen molar-refractivity contribution in [2.45, 2.75) is 0 Å². The summed E-state index contributed by atoms with van der Waals surface area (Å²) < 4.78 is 13.6. The van der Waals surface area contributed by atoms with E-state index < -0.39 is 0 Å². The number of hydrogen-bond donors (Lipinski definition) is 2. The Kier molecular flexibility index (Phi) is 3.93. The fourth-order valence-electron chi connectivity index (χ4n) is 1.54. The molecule has 92 valence electrons. The zero-order chi connectivity index (χ0) is 13.1. The summed E-state index contributed by atoms with van der Waals surface area (Å²) >= 11 is 8.29. The van der Waals surface area contributed by atoms with Gasteiger partial charge in [0.05, 0.1) is 5.69 Å². The van der Waals surface area contributed by atoms with Gasteiger partial charge < -0.3 is 11.1 Å². The monoisotopic (exact) mass is 324 g/mol. The lowest BCUT2D eigenvalue weighted by Gasteiger charge is -2.12. The molecule has 0 spiro atoms. The standard InChI is InChI=1S/C13H10BrFN2S/c14-10-7-8(15)5-6-12(10)17-11-4-2-1-3-9(11)13(16)18/h1-7,17H,(H2,16,18). The first-order valence-electron chi connectivity index (χ1n) is 5.19. The van der Waals surface area contributed by atoms with Gasteiger partial charge in [0, 0.05) is 15.7 Å². The number of hydrogen-bond acceptors (Lipinski definition) is 2. The first-order chi connectivity index (χ1) is 8.58. The summed E-state index contributed by atoms with van der Waals surface area (Å²) in [7, 11) is 0. The molecule has 0 bridgehead atoms. The van der Waals surface area contributed by atoms with Gasteiger partial charge in [-0.25, -0.2) is 4.39 Å². The molecule has 5 heteroatoms. The van der Waals surface area contributed by atoms with E-state index in [4.69, 9.17) is 18.0 Å². The minimum Gasteiger partial charge on any atom is -0.389 e. The van der Waals surface area contributed by atoms with E-state index in [0.717, 1.165) is 16.9 Å². The maximum Gasteiger partial charge on any atom is 0.124 e. The molecule has 0 atom stereocenters. The molecule has 0 saturated carbocycles. The number of nitrogens with two attached hydrogens (primary N) is 1. The Bertz CT molecular complexity index is 601. The summed E-state index contributed by atoms with van der Waals surface area (Å²) in [5.41, 5.74) is 7.94. The predicted octanol–water partition coefficient (Wildman–Crippen LogP) is 3.97. The van der Waals surface area contributed by atoms with E-state index in [1.807, 2.05) is 24.3 Å². The zero-order valence-electron chi connectivity index (χ0n) is 9.28. The van der Waals surface area contributed by atoms with Crippen LogP contribution in [0.15, 0.2) is 46.9 Å². The molecule has 0 saturated heterocycles. The summed E-state index contributed by atoms with van der Waals surface area (Å²) in [5, 5.41) is 3.17. The van der Waals surface area contributed by atoms with Gasteiger partial charge in [-0.2, -0.15) is 0 Å². The van der Waals surface area contributed by atoms with Crippen molar-refractivity contribution in [1.29, 1.82) is 0 Å². The van der Waals surface area contributed by atoms with E-state index in [1.54, 1.807) is 6.07 Å². The minimum absolute atomic E-state index is 0.296. The molecule has 0 aliphatic rings. The van der Waals surface area contributed by atoms with Crippen molar-refractivity contribution in [2.75, 3.05) is 5.32 Å². The summed E-state index contributed by atoms with van der Waals surface area (Å²) in [6, 6.07) is 11.9. The van der Waals surface area contributed by atoms with Crippen molar-refractivity contribution in [3.8, 4) is 0 Å². The number of para-hydroxylation sites is 1. The third kappa shape index (κ3) is 2.86. The van der Waals surface area contributed by atoms with Gasteiger partial charge in [0.25, 0.3) is 0 Å². The smallest absolute Gasteiger partial charge is 0.124 e. The summed E-state index contributed by atoms with van der Waals surface area (Å²) in [5.74, 6) is -0.296. The molecule has 0 aliphatic heterocycles. The SMILES string of the molecule is NC(=S)c1ccccc1Nc1ccc(F)cc1Br. The maximum atomic E-state index is 13.0. The Morgan fingerprint density at radius 3 is 2.56 bits per heavy atom. The van der Waals surface area contributed by atoms with Crippen LogP contribution in [0.1, 0.15) is 5.56 Å². The molecular weight excluding hydrogens is 315 g/mol. The fourth-order valence-corrected chi connectivity index (χ4v) is 2.17. The van der Waals surface area contributed by atoms with Crippen molar-refractivity contribution in [1.82, 2.24) is 0 Å². The van der Waals surface area contributed by atoms with Crippen LogP contribution in [-0.4, -0.2) is 4.99 Å². The van der Waals surface area contributed by atoms with Crippen LogP contribution in [0.3, 0.4) is 0 Å². The molecular formula is C13H10BrFN2S. The normalized spacial score (nSPS) is 10.1. The molecule has 0 aromatic heterocycles. The molecule has 0 fully saturated rings. The Labute approximate surface area is 118 Å². The number of rotatable bonds is 3. The number of thiocarbonyl (C=S) groups is 1. The second-order valence-electron chi connectivity index (χ2n) is 3.66. The maximum absolute atomic E-state index is 13.0. The van der Waals surface area contributed by atoms with E-state index in [2.05, 4.69) is 21.2 Å². The Morgan fingerprint density at radius 1 is 1.17 bits per heavy atom. The van der Waals surface area contributed by atoms with Gasteiger partial charge in [0.2, 0.25) is 0 Å². The molecule has 2 aromatic carbocycles. The van der Waals surface area contributed by atoms with Crippen LogP contribution in [0.4, 0.5) is 15.8 Å². The molecule has 2 nitrogen and oxygen atoms in total. The summed E-state index contributed by atoms with van der Waals surface area (Å²) in [6.45, 7) is 0. The Hall–Kier alpha value is -1.46. The van der Waals surface area contributed by atoms with Crippen molar-refractivity contribution in [3.05, 3.63) is 58.3 Å². The molecule has 0 amide bonds. The van der Waals surface area contributed by atoms with Crippen molar-refractivity contribution >= 4 is 44.5 Å². The molecule has 0 heterocycles. The third-order valence-electron chi connectivity index (χ3n) is 2.39. The highest BCUT2D eigenvalue weighted by Crippen LogP contribution is 2.28. The van der Waals surface area contributed by atoms with Gasteiger partial charge in [0.15, 0.2) is 0 Å². The van der Waals surface area contributed by atoms with Gasteiger partial charge in [0.1, 0.15) is 10.8 Å². The molecule has 2 rings (SSSR count). The van der Waals surface area contributed by atoms with E-state index in [1.165, 1.54) is 12.1 Å². The highest BCUT2D eigenvalue weighted by atomic mass is 79.9. The average Bonchev–Trinajstić information content (AvgIpc) is 2.33. The molecule has 0 radical (unpaired) electrons. The van der Waals surface area contributed by atoms with E-state index in [0.29, 0.717) is 9.46 Å². The summed E-state index contributed by atoms with van der Waals surface area (Å²) in [6.07, 6.45) is 0. The molecule has 18 heavy (non-hydrogen) atoms. The van der Waals surface area contributed by atoms with Gasteiger partial charge in [-0.15, -0.1) is 0 Å². The lowest BCUT2D eigenvalue weighted by molar-refractivity contribution is 0.627. The Morgan fingerprint density at radius 2 is 1.89 bits per heavy atom. The van der Waals surface area contributed by atoms with E-state index in [-0.39, 0.29) is 5.82 Å². The van der Waals surface area contributed by atoms with Crippen LogP contribution in [0, 0.1) is 5.82 Å². The quantitative estimate of drug-likeness (QED) is 0.839. The van der Waals surface area contributed by atoms with Crippen molar-refractivity contribution in [3.63, 3.8) is 0 Å². The largest absolute Gasteiger partial charge is 0.389 e. The number of nitrogens with one attached hydrogen (secondary N) is 1. The first kappa shape index (κ1) is 13.0. The second-order valence-corrected chi connectivity index (χ2v) is 4.95. The topological polar surface area (TPSA) is 38.0 Å². The third-order valence-corrected chi connectivity index (χ3v) is 3.27. The van der Waals surface area contributed by atoms with Crippen LogP contribution < -0.4 is 11.1 Å². The van der Waals surface area contributed by atoms with Crippen LogP contribution >= 0.6 is 28.1 Å². The van der Waals surface area contributed by atoms with E-state index in [9.17, 15) is 4.39 Å². The van der Waals surface area contributed by atoms with Crippen LogP contribution in [0.5, 0.6) is 0 Å². The fraction of sp³-hybridized carbons (Fsp3) is 0. The second kappa shape index (κ2) is 5.46. The van der Waals surface area contributed by atoms with Gasteiger partial charge in [-0.3, -0.25) is 0 Å². The van der Waals surface area contributed by atoms with Crippen LogP contribution in [0.2, 0.25) is 0 Å². The lowest BCUT2D eigenvalue weighted by atomic mass is 10.1. The number of halogens is 2. The minimum atomic E-state index is -0.296. The van der Waals surface area contributed by atoms with Crippen LogP contribution in [-0.2, 0) is 0 Å². The van der Waals surface area contributed by atoms with E-state index >= 15 is 0 Å². The lowest BCUT2D eigenvalue weighted by Crippen LogP contribution is -2.11. The summed E-state index contributed by atoms with van der Waals surface area (Å²) in [4.78, 5) is 0.316. The average molecular weight is 325 g/mol. The predicted molar refractivity (Wildman–Crippen MR) is 79.7 cm³/mol. The molecule has 0 aliphatic carbocycles.